The summed E-state index contributed by atoms with van der Waals surface area (Å²) in [5, 5.41) is 3.06. The second-order valence-corrected chi connectivity index (χ2v) is 7.80. The Bertz CT molecular complexity index is 1260. The van der Waals surface area contributed by atoms with Crippen molar-refractivity contribution in [2.24, 2.45) is 5.73 Å². The highest BCUT2D eigenvalue weighted by atomic mass is 32.1. The first-order valence-corrected chi connectivity index (χ1v) is 9.74. The maximum absolute atomic E-state index is 12.8. The number of imidazole rings is 1. The molecular weight excluding hydrogens is 410 g/mol. The Morgan fingerprint density at radius 2 is 1.90 bits per heavy atom. The number of aromatic amines is 1. The van der Waals surface area contributed by atoms with Gasteiger partial charge >= 0.3 is 0 Å². The molecule has 0 aliphatic carbocycles. The van der Waals surface area contributed by atoms with Crippen molar-refractivity contribution in [2.75, 3.05) is 5.32 Å². The van der Waals surface area contributed by atoms with Crippen molar-refractivity contribution in [3.8, 4) is 11.1 Å². The lowest BCUT2D eigenvalue weighted by molar-refractivity contribution is 0.100. The zero-order valence-electron chi connectivity index (χ0n) is 15.7. The van der Waals surface area contributed by atoms with E-state index in [9.17, 15) is 18.4 Å². The summed E-state index contributed by atoms with van der Waals surface area (Å²) in [7, 11) is 0. The lowest BCUT2D eigenvalue weighted by Crippen LogP contribution is -2.17. The highest BCUT2D eigenvalue weighted by molar-refractivity contribution is 7.17. The number of rotatable bonds is 5. The monoisotopic (exact) mass is 426 g/mol. The average molecular weight is 426 g/mol. The molecule has 0 saturated heterocycles. The summed E-state index contributed by atoms with van der Waals surface area (Å²) < 4.78 is 25.7. The number of alkyl halides is 2. The number of nitrogens with one attached hydrogen (secondary N) is 2. The number of carbonyl (C=O) groups is 2. The molecule has 0 saturated carbocycles. The Morgan fingerprint density at radius 1 is 1.17 bits per heavy atom. The number of nitrogens with two attached hydrogens (primary N) is 1. The minimum absolute atomic E-state index is 0.231. The number of nitrogens with zero attached hydrogens (tertiary/aromatic N) is 1. The first-order chi connectivity index (χ1) is 14.3. The van der Waals surface area contributed by atoms with Gasteiger partial charge in [-0.1, -0.05) is 30.3 Å². The van der Waals surface area contributed by atoms with Crippen molar-refractivity contribution in [3.63, 3.8) is 0 Å². The van der Waals surface area contributed by atoms with Crippen molar-refractivity contribution < 1.29 is 18.4 Å². The number of hydrogen-bond acceptors (Lipinski definition) is 4. The molecule has 0 aliphatic rings. The van der Waals surface area contributed by atoms with Crippen molar-refractivity contribution in [1.29, 1.82) is 0 Å². The van der Waals surface area contributed by atoms with Gasteiger partial charge in [0.05, 0.1) is 16.6 Å². The molecule has 6 nitrogen and oxygen atoms in total. The highest BCUT2D eigenvalue weighted by Gasteiger charge is 2.23. The number of thiophene rings is 1. The Morgan fingerprint density at radius 3 is 2.57 bits per heavy atom. The average Bonchev–Trinajstić information content (AvgIpc) is 3.29. The summed E-state index contributed by atoms with van der Waals surface area (Å²) in [6, 6.07) is 13.7. The zero-order chi connectivity index (χ0) is 21.4. The number of H-pyrrole nitrogens is 1. The molecule has 0 atom stereocenters. The van der Waals surface area contributed by atoms with Crippen LogP contribution in [0.25, 0.3) is 22.2 Å². The molecule has 0 bridgehead atoms. The molecule has 9 heteroatoms. The zero-order valence-corrected chi connectivity index (χ0v) is 16.5. The predicted molar refractivity (Wildman–Crippen MR) is 112 cm³/mol. The second-order valence-electron chi connectivity index (χ2n) is 6.58. The van der Waals surface area contributed by atoms with Crippen molar-refractivity contribution in [1.82, 2.24) is 9.97 Å². The fourth-order valence-electron chi connectivity index (χ4n) is 3.27. The standard InChI is InChI=1S/C21H16F2N4O2S/c1-10-15(11-5-3-2-4-6-11)16(18(24)28)21(30-10)27-20(29)12-7-8-13-14(9-12)26-19(25-13)17(22)23/h2-9,17H,1H3,(H2,24,28)(H,25,26)(H,27,29). The number of aromatic nitrogens is 2. The number of benzene rings is 2. The topological polar surface area (TPSA) is 101 Å². The van der Waals surface area contributed by atoms with E-state index < -0.39 is 24.1 Å². The van der Waals surface area contributed by atoms with E-state index in [0.29, 0.717) is 21.6 Å². The molecule has 0 aliphatic heterocycles. The number of halogens is 2. The first-order valence-electron chi connectivity index (χ1n) is 8.93. The van der Waals surface area contributed by atoms with Gasteiger partial charge in [0, 0.05) is 16.0 Å². The Labute approximate surface area is 173 Å². The molecule has 2 heterocycles. The van der Waals surface area contributed by atoms with Gasteiger partial charge in [-0.2, -0.15) is 0 Å². The quantitative estimate of drug-likeness (QED) is 0.424. The van der Waals surface area contributed by atoms with Gasteiger partial charge in [-0.3, -0.25) is 9.59 Å². The van der Waals surface area contributed by atoms with Crippen molar-refractivity contribution in [2.45, 2.75) is 13.3 Å². The third-order valence-corrected chi connectivity index (χ3v) is 5.61. The van der Waals surface area contributed by atoms with Crippen LogP contribution in [0.5, 0.6) is 0 Å². The number of hydrogen-bond donors (Lipinski definition) is 3. The van der Waals surface area contributed by atoms with Gasteiger partial charge < -0.3 is 16.0 Å². The second kappa shape index (κ2) is 7.68. The van der Waals surface area contributed by atoms with E-state index in [1.165, 1.54) is 29.5 Å². The summed E-state index contributed by atoms with van der Waals surface area (Å²) in [5.41, 5.74) is 8.23. The van der Waals surface area contributed by atoms with Crippen LogP contribution >= 0.6 is 11.3 Å². The summed E-state index contributed by atoms with van der Waals surface area (Å²) >= 11 is 1.25. The lowest BCUT2D eigenvalue weighted by atomic mass is 10.0. The third kappa shape index (κ3) is 3.55. The highest BCUT2D eigenvalue weighted by Crippen LogP contribution is 2.39. The maximum atomic E-state index is 12.8. The van der Waals surface area contributed by atoms with Gasteiger partial charge in [0.15, 0.2) is 5.82 Å². The Balaban J connectivity index is 1.70. The molecule has 0 spiro atoms. The van der Waals surface area contributed by atoms with E-state index in [4.69, 9.17) is 5.73 Å². The van der Waals surface area contributed by atoms with E-state index in [1.807, 2.05) is 37.3 Å². The molecule has 30 heavy (non-hydrogen) atoms. The molecule has 0 fully saturated rings. The van der Waals surface area contributed by atoms with Crippen LogP contribution in [0.4, 0.5) is 13.8 Å². The number of fused-ring (bicyclic) bond motifs is 1. The molecule has 4 rings (SSSR count). The van der Waals surface area contributed by atoms with E-state index in [-0.39, 0.29) is 11.1 Å². The molecule has 2 aromatic carbocycles. The fourth-order valence-corrected chi connectivity index (χ4v) is 4.35. The van der Waals surface area contributed by atoms with Crippen molar-refractivity contribution in [3.05, 3.63) is 70.4 Å². The lowest BCUT2D eigenvalue weighted by Gasteiger charge is -2.07. The molecular formula is C21H16F2N4O2S. The van der Waals surface area contributed by atoms with E-state index in [2.05, 4.69) is 15.3 Å². The summed E-state index contributed by atoms with van der Waals surface area (Å²) in [6.07, 6.45) is -2.74. The first kappa shape index (κ1) is 19.7. The fraction of sp³-hybridized carbons (Fsp3) is 0.0952. The third-order valence-electron chi connectivity index (χ3n) is 4.59. The molecule has 0 unspecified atom stereocenters. The number of anilines is 1. The van der Waals surface area contributed by atoms with E-state index in [0.717, 1.165) is 10.4 Å². The summed E-state index contributed by atoms with van der Waals surface area (Å²) in [4.78, 5) is 32.1. The van der Waals surface area contributed by atoms with Crippen molar-refractivity contribution >= 4 is 39.2 Å². The van der Waals surface area contributed by atoms with Gasteiger partial charge in [0.2, 0.25) is 0 Å². The number of amides is 2. The summed E-state index contributed by atoms with van der Waals surface area (Å²) in [6.45, 7) is 1.84. The predicted octanol–water partition coefficient (Wildman–Crippen LogP) is 4.89. The molecule has 152 valence electrons. The number of primary amides is 1. The van der Waals surface area contributed by atoms with Crippen LogP contribution in [0.1, 0.15) is 37.8 Å². The molecule has 2 amide bonds. The molecule has 0 radical (unpaired) electrons. The van der Waals surface area contributed by atoms with Gasteiger partial charge in [-0.05, 0) is 30.7 Å². The van der Waals surface area contributed by atoms with Crippen LogP contribution in [0.2, 0.25) is 0 Å². The minimum Gasteiger partial charge on any atom is -0.365 e. The molecule has 4 N–H and O–H groups in total. The largest absolute Gasteiger partial charge is 0.365 e. The summed E-state index contributed by atoms with van der Waals surface area (Å²) in [5.74, 6) is -1.60. The number of carbonyl (C=O) groups excluding carboxylic acids is 2. The van der Waals surface area contributed by atoms with E-state index >= 15 is 0 Å². The normalized spacial score (nSPS) is 11.2. The van der Waals surface area contributed by atoms with Crippen LogP contribution in [0.15, 0.2) is 48.5 Å². The Hall–Kier alpha value is -3.59. The Kier molecular flexibility index (Phi) is 5.04. The van der Waals surface area contributed by atoms with Crippen LogP contribution in [0, 0.1) is 6.92 Å². The minimum atomic E-state index is -2.74. The number of aryl methyl sites for hydroxylation is 1. The molecule has 2 aromatic heterocycles. The SMILES string of the molecule is Cc1sc(NC(=O)c2ccc3nc(C(F)F)[nH]c3c2)c(C(N)=O)c1-c1ccccc1. The maximum Gasteiger partial charge on any atom is 0.295 e. The van der Waals surface area contributed by atoms with Crippen LogP contribution in [0.3, 0.4) is 0 Å². The van der Waals surface area contributed by atoms with Gasteiger partial charge in [-0.15, -0.1) is 11.3 Å². The van der Waals surface area contributed by atoms with Gasteiger partial charge in [0.25, 0.3) is 18.2 Å². The smallest absolute Gasteiger partial charge is 0.295 e. The molecule has 4 aromatic rings. The van der Waals surface area contributed by atoms with Crippen LogP contribution in [-0.2, 0) is 0 Å². The van der Waals surface area contributed by atoms with E-state index in [1.54, 1.807) is 0 Å². The van der Waals surface area contributed by atoms with Crippen LogP contribution < -0.4 is 11.1 Å². The van der Waals surface area contributed by atoms with Crippen LogP contribution in [-0.4, -0.2) is 21.8 Å². The van der Waals surface area contributed by atoms with Gasteiger partial charge in [0.1, 0.15) is 5.00 Å². The van der Waals surface area contributed by atoms with Gasteiger partial charge in [-0.25, -0.2) is 13.8 Å².